The highest BCUT2D eigenvalue weighted by Gasteiger charge is 2.16. The Balaban J connectivity index is 0.00000161. The third kappa shape index (κ3) is 4.42. The Kier molecular flexibility index (Phi) is 5.98. The van der Waals surface area contributed by atoms with Crippen LogP contribution in [0.25, 0.3) is 0 Å². The molecule has 0 unspecified atom stereocenters. The van der Waals surface area contributed by atoms with Gasteiger partial charge in [-0.2, -0.15) is 0 Å². The third-order valence-electron chi connectivity index (χ3n) is 3.30. The van der Waals surface area contributed by atoms with Gasteiger partial charge in [0.05, 0.1) is 18.8 Å². The molecule has 0 bridgehead atoms. The molecule has 0 amide bonds. The standard InChI is InChI=1S/C16H18N4.HI/c1-2-6-14(7-3-1)12-19-16-18-10-11-20(16)13-15-8-4-5-9-17-15;/h1-9H,10-13H2,(H,18,19);1H. The van der Waals surface area contributed by atoms with E-state index in [4.69, 9.17) is 0 Å². The number of hydrogen-bond donors (Lipinski definition) is 1. The van der Waals surface area contributed by atoms with Gasteiger partial charge in [0, 0.05) is 19.3 Å². The number of nitrogens with one attached hydrogen (secondary N) is 1. The van der Waals surface area contributed by atoms with Crippen LogP contribution >= 0.6 is 24.0 Å². The Bertz CT molecular complexity index is 571. The fourth-order valence-corrected chi connectivity index (χ4v) is 2.27. The van der Waals surface area contributed by atoms with Crippen LogP contribution in [0.2, 0.25) is 0 Å². The smallest absolute Gasteiger partial charge is 0.194 e. The summed E-state index contributed by atoms with van der Waals surface area (Å²) in [6, 6.07) is 16.4. The predicted octanol–water partition coefficient (Wildman–Crippen LogP) is 2.66. The van der Waals surface area contributed by atoms with Gasteiger partial charge in [-0.25, -0.2) is 0 Å². The van der Waals surface area contributed by atoms with Crippen molar-refractivity contribution in [1.82, 2.24) is 15.2 Å². The van der Waals surface area contributed by atoms with Crippen LogP contribution in [0.15, 0.2) is 59.7 Å². The molecule has 4 nitrogen and oxygen atoms in total. The van der Waals surface area contributed by atoms with Gasteiger partial charge in [0.2, 0.25) is 0 Å². The molecule has 21 heavy (non-hydrogen) atoms. The van der Waals surface area contributed by atoms with Crippen LogP contribution in [0.3, 0.4) is 0 Å². The van der Waals surface area contributed by atoms with Crippen molar-refractivity contribution < 1.29 is 0 Å². The molecule has 3 rings (SSSR count). The van der Waals surface area contributed by atoms with Crippen molar-refractivity contribution >= 4 is 29.9 Å². The molecule has 0 aliphatic carbocycles. The predicted molar refractivity (Wildman–Crippen MR) is 95.6 cm³/mol. The summed E-state index contributed by atoms with van der Waals surface area (Å²) in [6.45, 7) is 3.41. The fourth-order valence-electron chi connectivity index (χ4n) is 2.27. The lowest BCUT2D eigenvalue weighted by Crippen LogP contribution is -2.37. The summed E-state index contributed by atoms with van der Waals surface area (Å²) in [5, 5.41) is 3.42. The number of hydrogen-bond acceptors (Lipinski definition) is 4. The average molecular weight is 394 g/mol. The lowest BCUT2D eigenvalue weighted by Gasteiger charge is -2.20. The molecule has 0 atom stereocenters. The summed E-state index contributed by atoms with van der Waals surface area (Å²) >= 11 is 0. The van der Waals surface area contributed by atoms with Crippen molar-refractivity contribution in [2.45, 2.75) is 13.1 Å². The highest BCUT2D eigenvalue weighted by atomic mass is 127. The van der Waals surface area contributed by atoms with E-state index in [0.717, 1.165) is 37.8 Å². The summed E-state index contributed by atoms with van der Waals surface area (Å²) in [4.78, 5) is 11.1. The number of benzene rings is 1. The largest absolute Gasteiger partial charge is 0.352 e. The Labute approximate surface area is 142 Å². The van der Waals surface area contributed by atoms with E-state index in [9.17, 15) is 0 Å². The number of rotatable bonds is 4. The summed E-state index contributed by atoms with van der Waals surface area (Å²) in [7, 11) is 0. The monoisotopic (exact) mass is 394 g/mol. The van der Waals surface area contributed by atoms with E-state index in [2.05, 4.69) is 44.5 Å². The Morgan fingerprint density at radius 3 is 2.62 bits per heavy atom. The first kappa shape index (κ1) is 15.8. The zero-order valence-corrected chi connectivity index (χ0v) is 14.1. The van der Waals surface area contributed by atoms with Crippen molar-refractivity contribution in [3.8, 4) is 0 Å². The molecular formula is C16H19IN4. The number of nitrogens with zero attached hydrogens (tertiary/aromatic N) is 3. The van der Waals surface area contributed by atoms with E-state index in [0.29, 0.717) is 0 Å². The molecule has 1 aliphatic rings. The number of aliphatic imine (C=N–C) groups is 1. The van der Waals surface area contributed by atoms with Crippen LogP contribution in [0, 0.1) is 0 Å². The second-order valence-corrected chi connectivity index (χ2v) is 4.79. The first-order chi connectivity index (χ1) is 9.92. The molecule has 2 aromatic rings. The highest BCUT2D eigenvalue weighted by molar-refractivity contribution is 14.0. The van der Waals surface area contributed by atoms with Crippen molar-refractivity contribution in [1.29, 1.82) is 0 Å². The van der Waals surface area contributed by atoms with Crippen LogP contribution in [0.4, 0.5) is 0 Å². The zero-order valence-electron chi connectivity index (χ0n) is 11.8. The Hall–Kier alpha value is -1.63. The second kappa shape index (κ2) is 7.97. The highest BCUT2D eigenvalue weighted by Crippen LogP contribution is 2.07. The molecule has 1 aromatic carbocycles. The van der Waals surface area contributed by atoms with Crippen LogP contribution in [-0.2, 0) is 13.1 Å². The summed E-state index contributed by atoms with van der Waals surface area (Å²) < 4.78 is 0. The summed E-state index contributed by atoms with van der Waals surface area (Å²) in [5.74, 6) is 0.972. The molecule has 0 saturated heterocycles. The molecule has 1 aliphatic heterocycles. The van der Waals surface area contributed by atoms with Crippen LogP contribution in [0.5, 0.6) is 0 Å². The normalized spacial score (nSPS) is 13.5. The molecule has 5 heteroatoms. The van der Waals surface area contributed by atoms with Crippen molar-refractivity contribution in [2.24, 2.45) is 4.99 Å². The molecule has 110 valence electrons. The third-order valence-corrected chi connectivity index (χ3v) is 3.30. The first-order valence-corrected chi connectivity index (χ1v) is 6.89. The molecule has 0 fully saturated rings. The Morgan fingerprint density at radius 2 is 1.86 bits per heavy atom. The number of halogens is 1. The van der Waals surface area contributed by atoms with Crippen LogP contribution in [0.1, 0.15) is 11.3 Å². The van der Waals surface area contributed by atoms with Gasteiger partial charge in [-0.3, -0.25) is 9.98 Å². The first-order valence-electron chi connectivity index (χ1n) is 6.89. The minimum Gasteiger partial charge on any atom is -0.352 e. The molecule has 1 aromatic heterocycles. The topological polar surface area (TPSA) is 40.5 Å². The van der Waals surface area contributed by atoms with E-state index in [1.807, 2.05) is 30.5 Å². The molecule has 0 radical (unpaired) electrons. The lowest BCUT2D eigenvalue weighted by molar-refractivity contribution is 0.431. The fraction of sp³-hybridized carbons (Fsp3) is 0.250. The maximum absolute atomic E-state index is 4.53. The Morgan fingerprint density at radius 1 is 1.05 bits per heavy atom. The van der Waals surface area contributed by atoms with Gasteiger partial charge in [0.15, 0.2) is 5.96 Å². The number of guanidine groups is 1. The maximum Gasteiger partial charge on any atom is 0.194 e. The van der Waals surface area contributed by atoms with Gasteiger partial charge in [0.25, 0.3) is 0 Å². The minimum atomic E-state index is 0. The van der Waals surface area contributed by atoms with Gasteiger partial charge >= 0.3 is 0 Å². The number of aromatic nitrogens is 1. The van der Waals surface area contributed by atoms with E-state index in [1.54, 1.807) is 0 Å². The quantitative estimate of drug-likeness (QED) is 0.811. The van der Waals surface area contributed by atoms with Crippen LogP contribution < -0.4 is 5.32 Å². The molecule has 2 heterocycles. The molecule has 0 saturated carbocycles. The molecular weight excluding hydrogens is 375 g/mol. The summed E-state index contributed by atoms with van der Waals surface area (Å²) in [5.41, 5.74) is 2.34. The van der Waals surface area contributed by atoms with Gasteiger partial charge in [-0.1, -0.05) is 36.4 Å². The van der Waals surface area contributed by atoms with Crippen molar-refractivity contribution in [3.05, 3.63) is 66.0 Å². The van der Waals surface area contributed by atoms with Crippen molar-refractivity contribution in [3.63, 3.8) is 0 Å². The van der Waals surface area contributed by atoms with Gasteiger partial charge in [-0.05, 0) is 17.7 Å². The number of pyridine rings is 1. The van der Waals surface area contributed by atoms with Gasteiger partial charge in [0.1, 0.15) is 0 Å². The van der Waals surface area contributed by atoms with Crippen LogP contribution in [-0.4, -0.2) is 28.9 Å². The summed E-state index contributed by atoms with van der Waals surface area (Å²) in [6.07, 6.45) is 1.83. The minimum absolute atomic E-state index is 0. The molecule has 0 spiro atoms. The molecule has 1 N–H and O–H groups in total. The van der Waals surface area contributed by atoms with Gasteiger partial charge < -0.3 is 10.2 Å². The van der Waals surface area contributed by atoms with Gasteiger partial charge in [-0.15, -0.1) is 24.0 Å². The van der Waals surface area contributed by atoms with E-state index < -0.39 is 0 Å². The second-order valence-electron chi connectivity index (χ2n) is 4.79. The van der Waals surface area contributed by atoms with E-state index >= 15 is 0 Å². The maximum atomic E-state index is 4.53. The van der Waals surface area contributed by atoms with Crippen molar-refractivity contribution in [2.75, 3.05) is 13.1 Å². The van der Waals surface area contributed by atoms with E-state index in [-0.39, 0.29) is 24.0 Å². The lowest BCUT2D eigenvalue weighted by atomic mass is 10.2. The SMILES string of the molecule is I.c1ccc(CNC2=NCCN2Cc2ccccn2)cc1. The zero-order chi connectivity index (χ0) is 13.6. The average Bonchev–Trinajstić information content (AvgIpc) is 2.94. The van der Waals surface area contributed by atoms with E-state index in [1.165, 1.54) is 5.56 Å².